The van der Waals surface area contributed by atoms with Crippen LogP contribution in [0.25, 0.3) is 6.08 Å². The standard InChI is InChI=1S/C27H25ClN4O2S/c28-23-19-22(29-27(35)30-25(33)14-11-20-7-3-1-4-8-20)12-13-24(23)31-15-17-32(18-16-31)26(34)21-9-5-2-6-10-21/h1-14,19H,15-18H2,(H2,29,30,33,35)/b14-11+. The maximum Gasteiger partial charge on any atom is 0.253 e. The molecular formula is C27H25ClN4O2S. The highest BCUT2D eigenvalue weighted by Crippen LogP contribution is 2.30. The summed E-state index contributed by atoms with van der Waals surface area (Å²) in [6, 6.07) is 24.4. The largest absolute Gasteiger partial charge is 0.367 e. The third kappa shape index (κ3) is 6.68. The van der Waals surface area contributed by atoms with Crippen molar-refractivity contribution >= 4 is 58.2 Å². The molecule has 2 amide bonds. The average molecular weight is 505 g/mol. The number of thiocarbonyl (C=S) groups is 1. The van der Waals surface area contributed by atoms with Gasteiger partial charge in [-0.25, -0.2) is 0 Å². The van der Waals surface area contributed by atoms with Crippen molar-refractivity contribution in [2.75, 3.05) is 36.4 Å². The molecule has 1 fully saturated rings. The summed E-state index contributed by atoms with van der Waals surface area (Å²) in [6.07, 6.45) is 3.15. The van der Waals surface area contributed by atoms with Crippen LogP contribution in [0.3, 0.4) is 0 Å². The highest BCUT2D eigenvalue weighted by molar-refractivity contribution is 7.80. The Balaban J connectivity index is 1.29. The molecule has 0 spiro atoms. The quantitative estimate of drug-likeness (QED) is 0.385. The van der Waals surface area contributed by atoms with E-state index in [9.17, 15) is 9.59 Å². The van der Waals surface area contributed by atoms with Gasteiger partial charge in [0.05, 0.1) is 10.7 Å². The fraction of sp³-hybridized carbons (Fsp3) is 0.148. The van der Waals surface area contributed by atoms with E-state index in [-0.39, 0.29) is 16.9 Å². The molecule has 0 atom stereocenters. The summed E-state index contributed by atoms with van der Waals surface area (Å²) < 4.78 is 0. The second-order valence-electron chi connectivity index (χ2n) is 8.00. The third-order valence-electron chi connectivity index (χ3n) is 5.60. The number of hydrogen-bond donors (Lipinski definition) is 2. The van der Waals surface area contributed by atoms with Crippen molar-refractivity contribution in [1.82, 2.24) is 10.2 Å². The zero-order valence-electron chi connectivity index (χ0n) is 19.0. The van der Waals surface area contributed by atoms with E-state index in [4.69, 9.17) is 23.8 Å². The second kappa shape index (κ2) is 11.6. The number of amides is 2. The molecule has 6 nitrogen and oxygen atoms in total. The Bertz CT molecular complexity index is 1230. The number of halogens is 1. The van der Waals surface area contributed by atoms with E-state index in [1.807, 2.05) is 77.7 Å². The minimum absolute atomic E-state index is 0.0464. The molecule has 0 aliphatic carbocycles. The number of carbonyl (C=O) groups excluding carboxylic acids is 2. The van der Waals surface area contributed by atoms with Gasteiger partial charge in [-0.1, -0.05) is 60.1 Å². The third-order valence-corrected chi connectivity index (χ3v) is 6.10. The van der Waals surface area contributed by atoms with Crippen molar-refractivity contribution < 1.29 is 9.59 Å². The van der Waals surface area contributed by atoms with Crippen LogP contribution in [0.5, 0.6) is 0 Å². The summed E-state index contributed by atoms with van der Waals surface area (Å²) in [5.74, 6) is -0.276. The molecular weight excluding hydrogens is 480 g/mol. The molecule has 1 heterocycles. The van der Waals surface area contributed by atoms with Gasteiger partial charge in [-0.3, -0.25) is 14.9 Å². The molecule has 1 aliphatic rings. The van der Waals surface area contributed by atoms with E-state index in [0.717, 1.165) is 11.3 Å². The van der Waals surface area contributed by atoms with Crippen molar-refractivity contribution in [3.8, 4) is 0 Å². The average Bonchev–Trinajstić information content (AvgIpc) is 2.88. The Labute approximate surface area is 215 Å². The topological polar surface area (TPSA) is 64.7 Å². The van der Waals surface area contributed by atoms with Crippen LogP contribution in [-0.2, 0) is 4.79 Å². The molecule has 0 aromatic heterocycles. The first-order valence-electron chi connectivity index (χ1n) is 11.2. The molecule has 1 saturated heterocycles. The van der Waals surface area contributed by atoms with Crippen molar-refractivity contribution in [2.45, 2.75) is 0 Å². The molecule has 0 saturated carbocycles. The van der Waals surface area contributed by atoms with Crippen molar-refractivity contribution in [3.63, 3.8) is 0 Å². The first-order valence-corrected chi connectivity index (χ1v) is 12.0. The summed E-state index contributed by atoms with van der Waals surface area (Å²) in [5, 5.41) is 6.37. The molecule has 3 aromatic rings. The predicted octanol–water partition coefficient (Wildman–Crippen LogP) is 4.83. The van der Waals surface area contributed by atoms with Gasteiger partial charge in [0.15, 0.2) is 5.11 Å². The number of rotatable bonds is 5. The van der Waals surface area contributed by atoms with Gasteiger partial charge < -0.3 is 15.1 Å². The Morgan fingerprint density at radius 1 is 0.886 bits per heavy atom. The van der Waals surface area contributed by atoms with Crippen LogP contribution in [-0.4, -0.2) is 48.0 Å². The molecule has 35 heavy (non-hydrogen) atoms. The van der Waals surface area contributed by atoms with E-state index in [2.05, 4.69) is 15.5 Å². The zero-order chi connectivity index (χ0) is 24.6. The maximum absolute atomic E-state index is 12.7. The van der Waals surface area contributed by atoms with Crippen LogP contribution >= 0.6 is 23.8 Å². The minimum atomic E-state index is -0.322. The lowest BCUT2D eigenvalue weighted by molar-refractivity contribution is -0.115. The SMILES string of the molecule is O=C(/C=C/c1ccccc1)NC(=S)Nc1ccc(N2CCN(C(=O)c3ccccc3)CC2)c(Cl)c1. The van der Waals surface area contributed by atoms with Gasteiger partial charge >= 0.3 is 0 Å². The fourth-order valence-corrected chi connectivity index (χ4v) is 4.33. The Morgan fingerprint density at radius 2 is 1.54 bits per heavy atom. The van der Waals surface area contributed by atoms with Crippen LogP contribution in [0, 0.1) is 0 Å². The summed E-state index contributed by atoms with van der Waals surface area (Å²) >= 11 is 11.8. The predicted molar refractivity (Wildman–Crippen MR) is 146 cm³/mol. The van der Waals surface area contributed by atoms with Gasteiger partial charge in [0, 0.05) is 43.5 Å². The van der Waals surface area contributed by atoms with Crippen LogP contribution in [0.15, 0.2) is 84.9 Å². The molecule has 178 valence electrons. The number of benzene rings is 3. The highest BCUT2D eigenvalue weighted by atomic mass is 35.5. The van der Waals surface area contributed by atoms with Crippen LogP contribution < -0.4 is 15.5 Å². The van der Waals surface area contributed by atoms with E-state index in [0.29, 0.717) is 42.5 Å². The lowest BCUT2D eigenvalue weighted by atomic mass is 10.1. The Kier molecular flexibility index (Phi) is 8.13. The molecule has 8 heteroatoms. The molecule has 4 rings (SSSR count). The Morgan fingerprint density at radius 3 is 2.20 bits per heavy atom. The zero-order valence-corrected chi connectivity index (χ0v) is 20.6. The lowest BCUT2D eigenvalue weighted by Crippen LogP contribution is -2.48. The maximum atomic E-state index is 12.7. The summed E-state index contributed by atoms with van der Waals surface area (Å²) in [5.41, 5.74) is 3.20. The van der Waals surface area contributed by atoms with Crippen LogP contribution in [0.1, 0.15) is 15.9 Å². The van der Waals surface area contributed by atoms with E-state index in [1.165, 1.54) is 6.08 Å². The molecule has 0 radical (unpaired) electrons. The normalized spacial score (nSPS) is 13.5. The van der Waals surface area contributed by atoms with Gasteiger partial charge in [0.25, 0.3) is 5.91 Å². The number of hydrogen-bond acceptors (Lipinski definition) is 4. The van der Waals surface area contributed by atoms with Gasteiger partial charge in [-0.15, -0.1) is 0 Å². The Hall–Kier alpha value is -3.68. The van der Waals surface area contributed by atoms with Crippen molar-refractivity contribution in [2.24, 2.45) is 0 Å². The first-order chi connectivity index (χ1) is 17.0. The molecule has 0 unspecified atom stereocenters. The minimum Gasteiger partial charge on any atom is -0.367 e. The first kappa shape index (κ1) is 24.4. The highest BCUT2D eigenvalue weighted by Gasteiger charge is 2.23. The van der Waals surface area contributed by atoms with E-state index >= 15 is 0 Å². The number of anilines is 2. The monoisotopic (exact) mass is 504 g/mol. The number of nitrogens with one attached hydrogen (secondary N) is 2. The van der Waals surface area contributed by atoms with E-state index < -0.39 is 0 Å². The van der Waals surface area contributed by atoms with Gasteiger partial charge in [0.2, 0.25) is 5.91 Å². The van der Waals surface area contributed by atoms with Gasteiger partial charge in [0.1, 0.15) is 0 Å². The lowest BCUT2D eigenvalue weighted by Gasteiger charge is -2.36. The van der Waals surface area contributed by atoms with Crippen LogP contribution in [0.2, 0.25) is 5.02 Å². The van der Waals surface area contributed by atoms with Crippen molar-refractivity contribution in [1.29, 1.82) is 0 Å². The second-order valence-corrected chi connectivity index (χ2v) is 8.81. The molecule has 2 N–H and O–H groups in total. The van der Waals surface area contributed by atoms with Crippen molar-refractivity contribution in [3.05, 3.63) is 101 Å². The van der Waals surface area contributed by atoms with Gasteiger partial charge in [-0.05, 0) is 54.2 Å². The smallest absolute Gasteiger partial charge is 0.253 e. The fourth-order valence-electron chi connectivity index (χ4n) is 3.81. The van der Waals surface area contributed by atoms with Gasteiger partial charge in [-0.2, -0.15) is 0 Å². The summed E-state index contributed by atoms with van der Waals surface area (Å²) in [6.45, 7) is 2.62. The molecule has 3 aromatic carbocycles. The summed E-state index contributed by atoms with van der Waals surface area (Å²) in [4.78, 5) is 28.8. The molecule has 1 aliphatic heterocycles. The molecule has 0 bridgehead atoms. The van der Waals surface area contributed by atoms with E-state index in [1.54, 1.807) is 12.1 Å². The van der Waals surface area contributed by atoms with Crippen LogP contribution in [0.4, 0.5) is 11.4 Å². The number of nitrogens with zero attached hydrogens (tertiary/aromatic N) is 2. The number of carbonyl (C=O) groups is 2. The number of piperazine rings is 1. The summed E-state index contributed by atoms with van der Waals surface area (Å²) in [7, 11) is 0.